The van der Waals surface area contributed by atoms with E-state index in [-0.39, 0.29) is 29.1 Å². The minimum absolute atomic E-state index is 0.0952. The molecule has 6 nitrogen and oxygen atoms in total. The third kappa shape index (κ3) is 2.92. The number of carbonyl (C=O) groups excluding carboxylic acids is 1. The maximum absolute atomic E-state index is 13.3. The van der Waals surface area contributed by atoms with Gasteiger partial charge in [-0.1, -0.05) is 11.8 Å². The fourth-order valence-corrected chi connectivity index (χ4v) is 5.17. The Morgan fingerprint density at radius 1 is 1.42 bits per heavy atom. The average Bonchev–Trinajstić information content (AvgIpc) is 2.95. The predicted molar refractivity (Wildman–Crippen MR) is 92.5 cm³/mol. The summed E-state index contributed by atoms with van der Waals surface area (Å²) in [4.78, 5) is 24.5. The molecule has 3 heterocycles. The molecule has 1 saturated carbocycles. The number of carbonyl (C=O) groups is 1. The number of alkyl halides is 3. The van der Waals surface area contributed by atoms with E-state index in [0.29, 0.717) is 5.69 Å². The fraction of sp³-hybridized carbons (Fsp3) is 0.467. The lowest BCUT2D eigenvalue weighted by atomic mass is 10.1. The van der Waals surface area contributed by atoms with Gasteiger partial charge in [0.1, 0.15) is 16.7 Å². The molecule has 1 fully saturated rings. The Balaban J connectivity index is 1.47. The van der Waals surface area contributed by atoms with Gasteiger partial charge in [-0.05, 0) is 19.8 Å². The number of hydrogen-bond donors (Lipinski definition) is 1. The van der Waals surface area contributed by atoms with E-state index in [4.69, 9.17) is 0 Å². The number of rotatable bonds is 3. The largest absolute Gasteiger partial charge is 0.400 e. The van der Waals surface area contributed by atoms with Crippen LogP contribution >= 0.6 is 23.1 Å². The lowest BCUT2D eigenvalue weighted by Crippen LogP contribution is -2.33. The molecule has 4 rings (SSSR count). The van der Waals surface area contributed by atoms with Gasteiger partial charge in [0.15, 0.2) is 5.50 Å². The predicted octanol–water partition coefficient (Wildman–Crippen LogP) is 3.72. The third-order valence-corrected chi connectivity index (χ3v) is 6.84. The molecule has 26 heavy (non-hydrogen) atoms. The molecule has 2 aliphatic rings. The summed E-state index contributed by atoms with van der Waals surface area (Å²) in [5.41, 5.74) is -0.998. The van der Waals surface area contributed by atoms with Crippen LogP contribution in [0.4, 0.5) is 18.0 Å². The van der Waals surface area contributed by atoms with E-state index in [1.54, 1.807) is 12.3 Å². The number of amides is 1. The summed E-state index contributed by atoms with van der Waals surface area (Å²) in [6, 6.07) is -0.370. The standard InChI is InChI=1S/C15H14F3N5OS2/c1-8-10(26-12(20-8)22-13(24)23-5-4-19-7-23)9-6-25-11(21-9)14(2-3-14)15(16,17)18/h4-7,10,12H,2-3H2,1H3,(H,22,24). The molecule has 138 valence electrons. The minimum Gasteiger partial charge on any atom is -0.307 e. The Labute approximate surface area is 154 Å². The Hall–Kier alpha value is -1.88. The van der Waals surface area contributed by atoms with Crippen molar-refractivity contribution in [2.24, 2.45) is 4.99 Å². The van der Waals surface area contributed by atoms with Crippen LogP contribution in [0.15, 0.2) is 29.1 Å². The van der Waals surface area contributed by atoms with E-state index >= 15 is 0 Å². The molecule has 2 unspecified atom stereocenters. The van der Waals surface area contributed by atoms with Crippen LogP contribution in [-0.4, -0.2) is 38.0 Å². The Bertz CT molecular complexity index is 857. The number of nitrogens with one attached hydrogen (secondary N) is 1. The smallest absolute Gasteiger partial charge is 0.307 e. The van der Waals surface area contributed by atoms with Crippen molar-refractivity contribution in [1.82, 2.24) is 19.9 Å². The molecular weight excluding hydrogens is 387 g/mol. The zero-order valence-corrected chi connectivity index (χ0v) is 15.2. The van der Waals surface area contributed by atoms with Gasteiger partial charge in [-0.2, -0.15) is 13.2 Å². The van der Waals surface area contributed by atoms with E-state index in [2.05, 4.69) is 20.3 Å². The summed E-state index contributed by atoms with van der Waals surface area (Å²) < 4.78 is 41.1. The average molecular weight is 401 g/mol. The molecule has 2 aromatic rings. The highest BCUT2D eigenvalue weighted by Gasteiger charge is 2.66. The number of thioether (sulfide) groups is 1. The summed E-state index contributed by atoms with van der Waals surface area (Å²) in [6.07, 6.45) is 0.305. The first-order valence-corrected chi connectivity index (χ1v) is 9.64. The lowest BCUT2D eigenvalue weighted by Gasteiger charge is -2.16. The van der Waals surface area contributed by atoms with Gasteiger partial charge in [-0.15, -0.1) is 11.3 Å². The van der Waals surface area contributed by atoms with Crippen LogP contribution in [0.5, 0.6) is 0 Å². The molecule has 2 atom stereocenters. The van der Waals surface area contributed by atoms with Crippen molar-refractivity contribution < 1.29 is 18.0 Å². The van der Waals surface area contributed by atoms with Crippen LogP contribution < -0.4 is 5.32 Å². The Kier molecular flexibility index (Phi) is 4.10. The van der Waals surface area contributed by atoms with Crippen molar-refractivity contribution in [2.45, 2.75) is 42.1 Å². The van der Waals surface area contributed by atoms with Crippen LogP contribution in [0, 0.1) is 0 Å². The van der Waals surface area contributed by atoms with Gasteiger partial charge in [-0.25, -0.2) is 14.8 Å². The van der Waals surface area contributed by atoms with Crippen molar-refractivity contribution in [3.63, 3.8) is 0 Å². The number of nitrogens with zero attached hydrogens (tertiary/aromatic N) is 4. The van der Waals surface area contributed by atoms with Crippen LogP contribution in [0.25, 0.3) is 0 Å². The number of aromatic nitrogens is 3. The monoisotopic (exact) mass is 401 g/mol. The van der Waals surface area contributed by atoms with Crippen molar-refractivity contribution in [2.75, 3.05) is 0 Å². The van der Waals surface area contributed by atoms with Crippen molar-refractivity contribution in [1.29, 1.82) is 0 Å². The fourth-order valence-electron chi connectivity index (χ4n) is 2.79. The Morgan fingerprint density at radius 2 is 2.19 bits per heavy atom. The highest BCUT2D eigenvalue weighted by atomic mass is 32.2. The number of imidazole rings is 1. The summed E-state index contributed by atoms with van der Waals surface area (Å²) in [5, 5.41) is 4.26. The second-order valence-electron chi connectivity index (χ2n) is 6.22. The van der Waals surface area contributed by atoms with Crippen molar-refractivity contribution in [3.05, 3.63) is 34.8 Å². The lowest BCUT2D eigenvalue weighted by molar-refractivity contribution is -0.160. The van der Waals surface area contributed by atoms with Gasteiger partial charge < -0.3 is 5.32 Å². The molecule has 2 aromatic heterocycles. The maximum Gasteiger partial charge on any atom is 0.400 e. The minimum atomic E-state index is -4.27. The molecule has 1 amide bonds. The molecule has 1 aliphatic heterocycles. The quantitative estimate of drug-likeness (QED) is 0.851. The van der Waals surface area contributed by atoms with Crippen LogP contribution in [0.1, 0.15) is 35.7 Å². The molecule has 0 radical (unpaired) electrons. The normalized spacial score (nSPS) is 24.4. The van der Waals surface area contributed by atoms with Crippen molar-refractivity contribution in [3.8, 4) is 0 Å². The first-order valence-electron chi connectivity index (χ1n) is 7.81. The second kappa shape index (κ2) is 6.08. The van der Waals surface area contributed by atoms with E-state index in [9.17, 15) is 18.0 Å². The van der Waals surface area contributed by atoms with Gasteiger partial charge in [0.05, 0.1) is 10.9 Å². The molecular formula is C15H14F3N5OS2. The number of thiazole rings is 1. The third-order valence-electron chi connectivity index (χ3n) is 4.44. The first kappa shape index (κ1) is 17.5. The van der Waals surface area contributed by atoms with E-state index in [1.165, 1.54) is 35.0 Å². The van der Waals surface area contributed by atoms with Crippen molar-refractivity contribution >= 4 is 34.8 Å². The molecule has 11 heteroatoms. The van der Waals surface area contributed by atoms with Gasteiger partial charge in [-0.3, -0.25) is 9.56 Å². The van der Waals surface area contributed by atoms with Crippen LogP contribution in [0.2, 0.25) is 0 Å². The van der Waals surface area contributed by atoms with Gasteiger partial charge in [0, 0.05) is 23.5 Å². The molecule has 0 saturated heterocycles. The molecule has 1 N–H and O–H groups in total. The highest BCUT2D eigenvalue weighted by Crippen LogP contribution is 2.59. The van der Waals surface area contributed by atoms with Gasteiger partial charge in [0.25, 0.3) is 0 Å². The van der Waals surface area contributed by atoms with Gasteiger partial charge >= 0.3 is 12.2 Å². The second-order valence-corrected chi connectivity index (χ2v) is 8.26. The number of aliphatic imine (C=N–C) groups is 1. The zero-order valence-electron chi connectivity index (χ0n) is 13.5. The highest BCUT2D eigenvalue weighted by molar-refractivity contribution is 8.01. The maximum atomic E-state index is 13.3. The summed E-state index contributed by atoms with van der Waals surface area (Å²) in [5.74, 6) is 0. The topological polar surface area (TPSA) is 72.2 Å². The number of halogens is 3. The number of hydrogen-bond acceptors (Lipinski definition) is 6. The zero-order chi connectivity index (χ0) is 18.5. The van der Waals surface area contributed by atoms with Crippen LogP contribution in [-0.2, 0) is 5.41 Å². The van der Waals surface area contributed by atoms with Crippen LogP contribution in [0.3, 0.4) is 0 Å². The van der Waals surface area contributed by atoms with E-state index in [1.807, 2.05) is 0 Å². The summed E-state index contributed by atoms with van der Waals surface area (Å²) >= 11 is 2.39. The first-order chi connectivity index (χ1) is 12.3. The van der Waals surface area contributed by atoms with Gasteiger partial charge in [0.2, 0.25) is 0 Å². The molecule has 0 bridgehead atoms. The molecule has 1 aliphatic carbocycles. The molecule has 0 aromatic carbocycles. The van der Waals surface area contributed by atoms with E-state index < -0.39 is 17.1 Å². The Morgan fingerprint density at radius 3 is 2.81 bits per heavy atom. The van der Waals surface area contributed by atoms with E-state index in [0.717, 1.165) is 17.0 Å². The SMILES string of the molecule is CC1=NC(NC(=O)n2ccnc2)SC1c1csc(C2(C(F)(F)F)CC2)n1. The molecule has 0 spiro atoms. The summed E-state index contributed by atoms with van der Waals surface area (Å²) in [6.45, 7) is 1.79. The summed E-state index contributed by atoms with van der Waals surface area (Å²) in [7, 11) is 0.